The average Bonchev–Trinajstić information content (AvgIpc) is 2.54. The van der Waals surface area contributed by atoms with Crippen molar-refractivity contribution >= 4 is 5.91 Å². The van der Waals surface area contributed by atoms with Crippen LogP contribution in [0.1, 0.15) is 24.1 Å². The summed E-state index contributed by atoms with van der Waals surface area (Å²) in [5.41, 5.74) is 1.81. The lowest BCUT2D eigenvalue weighted by atomic mass is 10.1. The molecular formula is C18H20FNO2. The first-order valence-corrected chi connectivity index (χ1v) is 7.15. The summed E-state index contributed by atoms with van der Waals surface area (Å²) in [7, 11) is 3.36. The van der Waals surface area contributed by atoms with Gasteiger partial charge in [-0.1, -0.05) is 24.3 Å². The van der Waals surface area contributed by atoms with Crippen LogP contribution in [0.25, 0.3) is 0 Å². The Hall–Kier alpha value is -2.36. The highest BCUT2D eigenvalue weighted by molar-refractivity contribution is 5.79. The minimum atomic E-state index is -0.277. The second-order valence-corrected chi connectivity index (χ2v) is 5.26. The van der Waals surface area contributed by atoms with E-state index in [2.05, 4.69) is 0 Å². The van der Waals surface area contributed by atoms with Crippen molar-refractivity contribution in [3.05, 3.63) is 65.5 Å². The number of halogens is 1. The summed E-state index contributed by atoms with van der Waals surface area (Å²) in [6, 6.07) is 13.6. The molecule has 0 N–H and O–H groups in total. The predicted octanol–water partition coefficient (Wildman–Crippen LogP) is 3.60. The Bertz CT molecular complexity index is 640. The van der Waals surface area contributed by atoms with Gasteiger partial charge in [-0.3, -0.25) is 4.79 Å². The van der Waals surface area contributed by atoms with Gasteiger partial charge in [-0.2, -0.15) is 0 Å². The van der Waals surface area contributed by atoms with Gasteiger partial charge in [-0.25, -0.2) is 4.39 Å². The van der Waals surface area contributed by atoms with E-state index in [9.17, 15) is 9.18 Å². The number of carbonyl (C=O) groups excluding carboxylic acids is 1. The van der Waals surface area contributed by atoms with Crippen LogP contribution in [0.4, 0.5) is 4.39 Å². The van der Waals surface area contributed by atoms with Crippen molar-refractivity contribution in [1.82, 2.24) is 4.90 Å². The van der Waals surface area contributed by atoms with E-state index < -0.39 is 0 Å². The lowest BCUT2D eigenvalue weighted by Crippen LogP contribution is -2.30. The van der Waals surface area contributed by atoms with Gasteiger partial charge >= 0.3 is 0 Å². The van der Waals surface area contributed by atoms with Crippen LogP contribution in [-0.2, 0) is 11.2 Å². The van der Waals surface area contributed by atoms with E-state index in [1.807, 2.05) is 31.2 Å². The average molecular weight is 301 g/mol. The number of methoxy groups -OCH3 is 1. The molecule has 0 aromatic heterocycles. The summed E-state index contributed by atoms with van der Waals surface area (Å²) in [4.78, 5) is 14.1. The Morgan fingerprint density at radius 1 is 1.23 bits per heavy atom. The van der Waals surface area contributed by atoms with E-state index in [-0.39, 0.29) is 17.8 Å². The van der Waals surface area contributed by atoms with Crippen molar-refractivity contribution in [3.63, 3.8) is 0 Å². The maximum absolute atomic E-state index is 13.0. The largest absolute Gasteiger partial charge is 0.497 e. The molecule has 0 aliphatic heterocycles. The monoisotopic (exact) mass is 301 g/mol. The number of hydrogen-bond acceptors (Lipinski definition) is 2. The van der Waals surface area contributed by atoms with Crippen LogP contribution >= 0.6 is 0 Å². The highest BCUT2D eigenvalue weighted by Crippen LogP contribution is 2.20. The van der Waals surface area contributed by atoms with Gasteiger partial charge in [0, 0.05) is 7.05 Å². The Morgan fingerprint density at radius 3 is 2.55 bits per heavy atom. The topological polar surface area (TPSA) is 29.5 Å². The first-order chi connectivity index (χ1) is 10.5. The van der Waals surface area contributed by atoms with Gasteiger partial charge in [0.1, 0.15) is 11.6 Å². The molecule has 0 bridgehead atoms. The van der Waals surface area contributed by atoms with Gasteiger partial charge in [0.25, 0.3) is 0 Å². The fourth-order valence-electron chi connectivity index (χ4n) is 2.26. The third-order valence-electron chi connectivity index (χ3n) is 3.82. The zero-order valence-electron chi connectivity index (χ0n) is 13.0. The lowest BCUT2D eigenvalue weighted by Gasteiger charge is -2.25. The number of hydrogen-bond donors (Lipinski definition) is 0. The molecule has 1 amide bonds. The van der Waals surface area contributed by atoms with Crippen molar-refractivity contribution in [2.45, 2.75) is 19.4 Å². The van der Waals surface area contributed by atoms with Crippen LogP contribution < -0.4 is 4.74 Å². The number of benzene rings is 2. The predicted molar refractivity (Wildman–Crippen MR) is 84.3 cm³/mol. The summed E-state index contributed by atoms with van der Waals surface area (Å²) >= 11 is 0. The molecule has 0 heterocycles. The first-order valence-electron chi connectivity index (χ1n) is 7.15. The first kappa shape index (κ1) is 16.0. The number of nitrogens with zero attached hydrogens (tertiary/aromatic N) is 1. The molecule has 2 aromatic rings. The van der Waals surface area contributed by atoms with E-state index in [4.69, 9.17) is 4.74 Å². The summed E-state index contributed by atoms with van der Waals surface area (Å²) in [6.45, 7) is 1.93. The molecule has 4 heteroatoms. The highest BCUT2D eigenvalue weighted by Gasteiger charge is 2.17. The SMILES string of the molecule is COc1cccc(CC(=O)N(C)C(C)c2ccc(F)cc2)c1. The second-order valence-electron chi connectivity index (χ2n) is 5.26. The Morgan fingerprint density at radius 2 is 1.91 bits per heavy atom. The quantitative estimate of drug-likeness (QED) is 0.844. The van der Waals surface area contributed by atoms with Gasteiger partial charge in [0.05, 0.1) is 19.6 Å². The number of likely N-dealkylation sites (N-methyl/N-ethyl adjacent to an activating group) is 1. The number of carbonyl (C=O) groups is 1. The van der Waals surface area contributed by atoms with E-state index in [1.54, 1.807) is 31.2 Å². The summed E-state index contributed by atoms with van der Waals surface area (Å²) in [6.07, 6.45) is 0.305. The molecule has 0 spiro atoms. The Balaban J connectivity index is 2.06. The van der Waals surface area contributed by atoms with Crippen molar-refractivity contribution in [2.75, 3.05) is 14.2 Å². The standard InChI is InChI=1S/C18H20FNO2/c1-13(15-7-9-16(19)10-8-15)20(2)18(21)12-14-5-4-6-17(11-14)22-3/h4-11,13H,12H2,1-3H3. The summed E-state index contributed by atoms with van der Waals surface area (Å²) < 4.78 is 18.1. The van der Waals surface area contributed by atoms with Crippen molar-refractivity contribution in [3.8, 4) is 5.75 Å². The van der Waals surface area contributed by atoms with E-state index in [1.165, 1.54) is 12.1 Å². The molecule has 3 nitrogen and oxygen atoms in total. The molecule has 116 valence electrons. The molecule has 22 heavy (non-hydrogen) atoms. The summed E-state index contributed by atoms with van der Waals surface area (Å²) in [5, 5.41) is 0. The fraction of sp³-hybridized carbons (Fsp3) is 0.278. The maximum Gasteiger partial charge on any atom is 0.227 e. The Kier molecular flexibility index (Phi) is 5.15. The Labute approximate surface area is 130 Å². The molecular weight excluding hydrogens is 281 g/mol. The van der Waals surface area contributed by atoms with Gasteiger partial charge in [0.2, 0.25) is 5.91 Å². The van der Waals surface area contributed by atoms with Gasteiger partial charge < -0.3 is 9.64 Å². The third kappa shape index (κ3) is 3.85. The molecule has 0 aliphatic rings. The maximum atomic E-state index is 13.0. The van der Waals surface area contributed by atoms with Crippen molar-refractivity contribution < 1.29 is 13.9 Å². The van der Waals surface area contributed by atoms with Crippen LogP contribution in [0, 0.1) is 5.82 Å². The number of amides is 1. The zero-order chi connectivity index (χ0) is 16.1. The second kappa shape index (κ2) is 7.07. The fourth-order valence-corrected chi connectivity index (χ4v) is 2.26. The molecule has 0 saturated carbocycles. The molecule has 2 aromatic carbocycles. The summed E-state index contributed by atoms with van der Waals surface area (Å²) in [5.74, 6) is 0.464. The normalized spacial score (nSPS) is 11.8. The van der Waals surface area contributed by atoms with Crippen LogP contribution in [0.2, 0.25) is 0 Å². The van der Waals surface area contributed by atoms with Crippen molar-refractivity contribution in [2.24, 2.45) is 0 Å². The molecule has 1 atom stereocenters. The van der Waals surface area contributed by atoms with Crippen LogP contribution in [0.5, 0.6) is 5.75 Å². The number of rotatable bonds is 5. The van der Waals surface area contributed by atoms with E-state index in [0.717, 1.165) is 16.9 Å². The van der Waals surface area contributed by atoms with E-state index >= 15 is 0 Å². The molecule has 0 radical (unpaired) electrons. The molecule has 0 aliphatic carbocycles. The van der Waals surface area contributed by atoms with Crippen LogP contribution in [0.15, 0.2) is 48.5 Å². The zero-order valence-corrected chi connectivity index (χ0v) is 13.0. The molecule has 2 rings (SSSR count). The lowest BCUT2D eigenvalue weighted by molar-refractivity contribution is -0.131. The van der Waals surface area contributed by atoms with Gasteiger partial charge in [-0.15, -0.1) is 0 Å². The van der Waals surface area contributed by atoms with Crippen molar-refractivity contribution in [1.29, 1.82) is 0 Å². The minimum absolute atomic E-state index is 0.00470. The smallest absolute Gasteiger partial charge is 0.227 e. The highest BCUT2D eigenvalue weighted by atomic mass is 19.1. The molecule has 1 unspecified atom stereocenters. The van der Waals surface area contributed by atoms with Gasteiger partial charge in [0.15, 0.2) is 0 Å². The van der Waals surface area contributed by atoms with Crippen LogP contribution in [-0.4, -0.2) is 25.0 Å². The van der Waals surface area contributed by atoms with Crippen LogP contribution in [0.3, 0.4) is 0 Å². The molecule has 0 fully saturated rings. The third-order valence-corrected chi connectivity index (χ3v) is 3.82. The number of ether oxygens (including phenoxy) is 1. The minimum Gasteiger partial charge on any atom is -0.497 e. The van der Waals surface area contributed by atoms with E-state index in [0.29, 0.717) is 6.42 Å². The van der Waals surface area contributed by atoms with Gasteiger partial charge in [-0.05, 0) is 42.3 Å². The molecule has 0 saturated heterocycles.